The molecule has 0 aliphatic heterocycles. The van der Waals surface area contributed by atoms with Crippen molar-refractivity contribution in [2.24, 2.45) is 5.73 Å². The summed E-state index contributed by atoms with van der Waals surface area (Å²) in [5.74, 6) is 0.552. The fraction of sp³-hybridized carbons (Fsp3) is 0.231. The topological polar surface area (TPSA) is 93.8 Å². The van der Waals surface area contributed by atoms with Crippen LogP contribution < -0.4 is 11.1 Å². The molecule has 1 saturated carbocycles. The summed E-state index contributed by atoms with van der Waals surface area (Å²) >= 11 is 5.82. The van der Waals surface area contributed by atoms with Crippen molar-refractivity contribution in [2.45, 2.75) is 18.8 Å². The van der Waals surface area contributed by atoms with Gasteiger partial charge in [-0.2, -0.15) is 0 Å². The van der Waals surface area contributed by atoms with Gasteiger partial charge in [-0.3, -0.25) is 4.79 Å². The van der Waals surface area contributed by atoms with Gasteiger partial charge in [0.05, 0.1) is 5.69 Å². The maximum atomic E-state index is 11.4. The second kappa shape index (κ2) is 5.05. The van der Waals surface area contributed by atoms with E-state index in [1.807, 2.05) is 12.1 Å². The van der Waals surface area contributed by atoms with E-state index in [0.29, 0.717) is 17.4 Å². The second-order valence-electron chi connectivity index (χ2n) is 4.63. The Hall–Kier alpha value is -2.21. The molecule has 3 rings (SSSR count). The number of anilines is 2. The fourth-order valence-electron chi connectivity index (χ4n) is 2.02. The first-order valence-corrected chi connectivity index (χ1v) is 6.58. The molecule has 0 spiro atoms. The van der Waals surface area contributed by atoms with E-state index in [2.05, 4.69) is 20.5 Å². The predicted octanol–water partition coefficient (Wildman–Crippen LogP) is 2.24. The normalized spacial score (nSPS) is 14.1. The van der Waals surface area contributed by atoms with Crippen LogP contribution in [0.3, 0.4) is 0 Å². The van der Waals surface area contributed by atoms with Gasteiger partial charge < -0.3 is 11.1 Å². The molecule has 0 aromatic carbocycles. The third-order valence-corrected chi connectivity index (χ3v) is 3.29. The zero-order chi connectivity index (χ0) is 14.1. The van der Waals surface area contributed by atoms with Crippen LogP contribution in [0.15, 0.2) is 24.4 Å². The predicted molar refractivity (Wildman–Crippen MR) is 75.1 cm³/mol. The summed E-state index contributed by atoms with van der Waals surface area (Å²) in [5.41, 5.74) is 6.86. The lowest BCUT2D eigenvalue weighted by Gasteiger charge is -2.11. The van der Waals surface area contributed by atoms with Gasteiger partial charge >= 0.3 is 0 Å². The Labute approximate surface area is 120 Å². The summed E-state index contributed by atoms with van der Waals surface area (Å²) < 4.78 is 0. The number of rotatable bonds is 4. The van der Waals surface area contributed by atoms with Gasteiger partial charge in [0, 0.05) is 12.3 Å². The van der Waals surface area contributed by atoms with Gasteiger partial charge in [0.1, 0.15) is 5.82 Å². The average molecular weight is 290 g/mol. The maximum absolute atomic E-state index is 11.4. The third-order valence-electron chi connectivity index (χ3n) is 3.11. The Morgan fingerprint density at radius 3 is 2.90 bits per heavy atom. The first-order valence-electron chi connectivity index (χ1n) is 6.20. The molecule has 2 aromatic heterocycles. The van der Waals surface area contributed by atoms with E-state index < -0.39 is 5.91 Å². The van der Waals surface area contributed by atoms with Crippen LogP contribution in [-0.4, -0.2) is 21.1 Å². The number of carbonyl (C=O) groups excluding carboxylic acids is 1. The zero-order valence-corrected chi connectivity index (χ0v) is 11.3. The molecule has 7 heteroatoms. The van der Waals surface area contributed by atoms with E-state index in [1.165, 1.54) is 6.07 Å². The van der Waals surface area contributed by atoms with Gasteiger partial charge in [-0.25, -0.2) is 4.98 Å². The van der Waals surface area contributed by atoms with Gasteiger partial charge in [-0.15, -0.1) is 10.2 Å². The van der Waals surface area contributed by atoms with E-state index in [1.54, 1.807) is 6.20 Å². The number of nitrogens with one attached hydrogen (secondary N) is 1. The van der Waals surface area contributed by atoms with E-state index in [0.717, 1.165) is 18.4 Å². The third kappa shape index (κ3) is 2.55. The number of nitrogens with two attached hydrogens (primary N) is 1. The van der Waals surface area contributed by atoms with Crippen LogP contribution in [0.2, 0.25) is 5.15 Å². The minimum absolute atomic E-state index is 0.0433. The van der Waals surface area contributed by atoms with Gasteiger partial charge in [0.15, 0.2) is 10.8 Å². The highest BCUT2D eigenvalue weighted by Gasteiger charge is 2.27. The molecule has 0 saturated heterocycles. The Morgan fingerprint density at radius 1 is 1.40 bits per heavy atom. The Kier molecular flexibility index (Phi) is 3.23. The molecule has 0 bridgehead atoms. The monoisotopic (exact) mass is 289 g/mol. The molecular formula is C13H12ClN5O. The number of aromatic nitrogens is 3. The second-order valence-corrected chi connectivity index (χ2v) is 5.02. The van der Waals surface area contributed by atoms with E-state index in [-0.39, 0.29) is 10.8 Å². The maximum Gasteiger partial charge on any atom is 0.271 e. The molecule has 1 aliphatic rings. The summed E-state index contributed by atoms with van der Waals surface area (Å²) in [6.45, 7) is 0. The summed E-state index contributed by atoms with van der Waals surface area (Å²) in [6.07, 6.45) is 3.99. The molecule has 0 unspecified atom stereocenters. The lowest BCUT2D eigenvalue weighted by Crippen LogP contribution is -2.16. The summed E-state index contributed by atoms with van der Waals surface area (Å²) in [6, 6.07) is 5.43. The number of nitrogens with zero attached hydrogens (tertiary/aromatic N) is 3. The van der Waals surface area contributed by atoms with Crippen molar-refractivity contribution in [3.63, 3.8) is 0 Å². The van der Waals surface area contributed by atoms with Crippen LogP contribution in [0.25, 0.3) is 0 Å². The van der Waals surface area contributed by atoms with Crippen molar-refractivity contribution >= 4 is 29.0 Å². The molecule has 102 valence electrons. The highest BCUT2D eigenvalue weighted by Crippen LogP contribution is 2.43. The number of primary amides is 1. The van der Waals surface area contributed by atoms with Crippen molar-refractivity contribution in [3.8, 4) is 0 Å². The molecule has 0 radical (unpaired) electrons. The quantitative estimate of drug-likeness (QED) is 0.900. The molecule has 0 atom stereocenters. The SMILES string of the molecule is NC(=O)c1nnc(Cl)cc1Nc1ncccc1C1CC1. The lowest BCUT2D eigenvalue weighted by atomic mass is 10.1. The Bertz CT molecular complexity index is 672. The molecule has 1 aliphatic carbocycles. The standard InChI is InChI=1S/C13H12ClN5O/c14-10-6-9(11(12(15)20)19-18-10)17-13-8(7-3-4-7)2-1-5-16-13/h1-2,5-7H,3-4H2,(H2,15,20)(H,16,17,18). The first-order chi connectivity index (χ1) is 9.65. The van der Waals surface area contributed by atoms with Crippen molar-refractivity contribution in [1.29, 1.82) is 0 Å². The highest BCUT2D eigenvalue weighted by atomic mass is 35.5. The Balaban J connectivity index is 1.99. The van der Waals surface area contributed by atoms with Gasteiger partial charge in [-0.05, 0) is 30.4 Å². The summed E-state index contributed by atoms with van der Waals surface area (Å²) in [7, 11) is 0. The number of hydrogen-bond acceptors (Lipinski definition) is 5. The highest BCUT2D eigenvalue weighted by molar-refractivity contribution is 6.29. The number of halogens is 1. The van der Waals surface area contributed by atoms with Crippen LogP contribution >= 0.6 is 11.6 Å². The van der Waals surface area contributed by atoms with E-state index >= 15 is 0 Å². The summed E-state index contributed by atoms with van der Waals surface area (Å²) in [5, 5.41) is 10.6. The van der Waals surface area contributed by atoms with Crippen molar-refractivity contribution in [1.82, 2.24) is 15.2 Å². The van der Waals surface area contributed by atoms with Crippen LogP contribution in [0.4, 0.5) is 11.5 Å². The summed E-state index contributed by atoms with van der Waals surface area (Å²) in [4.78, 5) is 15.7. The lowest BCUT2D eigenvalue weighted by molar-refractivity contribution is 0.0995. The van der Waals surface area contributed by atoms with Gasteiger partial charge in [-0.1, -0.05) is 17.7 Å². The van der Waals surface area contributed by atoms with Crippen LogP contribution in [0, 0.1) is 0 Å². The molecule has 1 amide bonds. The van der Waals surface area contributed by atoms with Crippen LogP contribution in [0.5, 0.6) is 0 Å². The molecule has 2 aromatic rings. The largest absolute Gasteiger partial charge is 0.364 e. The average Bonchev–Trinajstić information content (AvgIpc) is 3.23. The van der Waals surface area contributed by atoms with E-state index in [9.17, 15) is 4.79 Å². The van der Waals surface area contributed by atoms with Crippen LogP contribution in [-0.2, 0) is 0 Å². The minimum atomic E-state index is -0.666. The smallest absolute Gasteiger partial charge is 0.271 e. The molecule has 3 N–H and O–H groups in total. The number of hydrogen-bond donors (Lipinski definition) is 2. The number of amides is 1. The minimum Gasteiger partial charge on any atom is -0.364 e. The van der Waals surface area contributed by atoms with Crippen molar-refractivity contribution in [2.75, 3.05) is 5.32 Å². The zero-order valence-electron chi connectivity index (χ0n) is 10.5. The molecule has 2 heterocycles. The number of pyridine rings is 1. The van der Waals surface area contributed by atoms with Gasteiger partial charge in [0.2, 0.25) is 0 Å². The van der Waals surface area contributed by atoms with Crippen molar-refractivity contribution in [3.05, 3.63) is 40.8 Å². The van der Waals surface area contributed by atoms with Gasteiger partial charge in [0.25, 0.3) is 5.91 Å². The molecule has 1 fully saturated rings. The van der Waals surface area contributed by atoms with E-state index in [4.69, 9.17) is 17.3 Å². The fourth-order valence-corrected chi connectivity index (χ4v) is 2.17. The Morgan fingerprint density at radius 2 is 2.20 bits per heavy atom. The van der Waals surface area contributed by atoms with Crippen molar-refractivity contribution < 1.29 is 4.79 Å². The molecular weight excluding hydrogens is 278 g/mol. The first kappa shape index (κ1) is 12.8. The number of carbonyl (C=O) groups is 1. The molecule has 6 nitrogen and oxygen atoms in total. The molecule has 20 heavy (non-hydrogen) atoms. The van der Waals surface area contributed by atoms with Crippen LogP contribution in [0.1, 0.15) is 34.8 Å².